The van der Waals surface area contributed by atoms with Crippen LogP contribution in [-0.2, 0) is 0 Å². The van der Waals surface area contributed by atoms with Crippen molar-refractivity contribution in [1.82, 2.24) is 9.97 Å². The van der Waals surface area contributed by atoms with Crippen molar-refractivity contribution in [3.8, 4) is 10.7 Å². The van der Waals surface area contributed by atoms with Gasteiger partial charge in [-0.05, 0) is 17.5 Å². The maximum absolute atomic E-state index is 4.03. The number of imidazole rings is 1. The number of rotatable bonds is 0. The molecule has 2 aliphatic rings. The van der Waals surface area contributed by atoms with E-state index in [0.717, 1.165) is 10.7 Å². The minimum atomic E-state index is 0.988. The van der Waals surface area contributed by atoms with Gasteiger partial charge in [0.1, 0.15) is 17.0 Å². The van der Waals surface area contributed by atoms with Crippen molar-refractivity contribution in [3.05, 3.63) is 23.8 Å². The Morgan fingerprint density at radius 1 is 1.33 bits per heavy atom. The first-order valence-corrected chi connectivity index (χ1v) is 3.49. The van der Waals surface area contributed by atoms with E-state index in [1.165, 1.54) is 0 Å². The van der Waals surface area contributed by atoms with Gasteiger partial charge in [-0.15, -0.1) is 11.3 Å². The monoisotopic (exact) mass is 136 g/mol. The van der Waals surface area contributed by atoms with E-state index in [1.54, 1.807) is 17.7 Å². The zero-order valence-electron chi connectivity index (χ0n) is 4.61. The number of hydrogen-bond acceptors (Lipinski definition) is 3. The van der Waals surface area contributed by atoms with Gasteiger partial charge in [-0.2, -0.15) is 0 Å². The summed E-state index contributed by atoms with van der Waals surface area (Å²) in [5.41, 5.74) is 0.988. The van der Waals surface area contributed by atoms with Crippen molar-refractivity contribution in [2.24, 2.45) is 0 Å². The Balaban J connectivity index is 2.79. The van der Waals surface area contributed by atoms with E-state index >= 15 is 0 Å². The quantitative estimate of drug-likeness (QED) is 0.550. The third-order valence-electron chi connectivity index (χ3n) is 1.10. The highest BCUT2D eigenvalue weighted by Gasteiger charge is 2.00. The Kier molecular flexibility index (Phi) is 0.960. The second-order valence-corrected chi connectivity index (χ2v) is 2.57. The van der Waals surface area contributed by atoms with Gasteiger partial charge in [0, 0.05) is 0 Å². The van der Waals surface area contributed by atoms with Crippen LogP contribution < -0.4 is 0 Å². The third-order valence-corrected chi connectivity index (χ3v) is 1.93. The van der Waals surface area contributed by atoms with Gasteiger partial charge in [0.2, 0.25) is 0 Å². The van der Waals surface area contributed by atoms with E-state index in [1.807, 2.05) is 17.5 Å². The molecule has 0 fully saturated rings. The van der Waals surface area contributed by atoms with Crippen LogP contribution in [0.3, 0.4) is 0 Å². The Morgan fingerprint density at radius 2 is 2.33 bits per heavy atom. The van der Waals surface area contributed by atoms with Crippen molar-refractivity contribution in [2.45, 2.75) is 0 Å². The lowest BCUT2D eigenvalue weighted by Crippen LogP contribution is -1.69. The zero-order valence-corrected chi connectivity index (χ0v) is 5.43. The number of hydrogen-bond donors (Lipinski definition) is 0. The summed E-state index contributed by atoms with van der Waals surface area (Å²) in [7, 11) is 0. The molecule has 0 aromatic rings. The van der Waals surface area contributed by atoms with E-state index in [4.69, 9.17) is 0 Å². The van der Waals surface area contributed by atoms with E-state index in [9.17, 15) is 0 Å². The molecule has 0 N–H and O–H groups in total. The van der Waals surface area contributed by atoms with Crippen LogP contribution in [0.5, 0.6) is 0 Å². The van der Waals surface area contributed by atoms with Gasteiger partial charge in [0.25, 0.3) is 0 Å². The second-order valence-electron chi connectivity index (χ2n) is 1.68. The molecule has 2 aliphatic heterocycles. The van der Waals surface area contributed by atoms with Crippen molar-refractivity contribution in [3.63, 3.8) is 0 Å². The van der Waals surface area contributed by atoms with Crippen LogP contribution in [0.1, 0.15) is 0 Å². The fourth-order valence-electron chi connectivity index (χ4n) is 0.704. The highest BCUT2D eigenvalue weighted by Crippen LogP contribution is 2.19. The Bertz CT molecular complexity index is 251. The molecule has 0 bridgehead atoms. The van der Waals surface area contributed by atoms with Crippen LogP contribution in [0.25, 0.3) is 10.7 Å². The smallest absolute Gasteiger partial charge is 0.143 e. The molecule has 0 aromatic heterocycles. The minimum absolute atomic E-state index is 0.988. The predicted octanol–water partition coefficient (Wildman–Crippen LogP) is 1.64. The van der Waals surface area contributed by atoms with Crippen LogP contribution in [0.4, 0.5) is 0 Å². The number of nitrogens with zero attached hydrogens (tertiary/aromatic N) is 2. The van der Waals surface area contributed by atoms with Gasteiger partial charge in [-0.25, -0.2) is 9.97 Å². The third kappa shape index (κ3) is 0.695. The van der Waals surface area contributed by atoms with Gasteiger partial charge in [-0.3, -0.25) is 0 Å². The molecule has 2 nitrogen and oxygen atoms in total. The molecule has 0 saturated heterocycles. The summed E-state index contributed by atoms with van der Waals surface area (Å²) in [5.74, 6) is 0. The average Bonchev–Trinajstić information content (AvgIpc) is 2.33. The molecule has 44 valence electrons. The normalized spacial score (nSPS) is 10.2. The molecule has 3 heteroatoms. The second kappa shape index (κ2) is 1.77. The van der Waals surface area contributed by atoms with Gasteiger partial charge < -0.3 is 0 Å². The maximum Gasteiger partial charge on any atom is 0.143 e. The summed E-state index contributed by atoms with van der Waals surface area (Å²) in [6.07, 6.45) is 1.58. The molecule has 0 radical (unpaired) electrons. The standard InChI is InChI=1S/C6H4N2S/c1-2-5-6(9-3-1)8-4-7-5/h1-4H. The molecule has 0 atom stereocenters. The zero-order chi connectivity index (χ0) is 6.10. The van der Waals surface area contributed by atoms with Crippen molar-refractivity contribution in [2.75, 3.05) is 0 Å². The molecule has 0 unspecified atom stereocenters. The van der Waals surface area contributed by atoms with E-state index in [0.29, 0.717) is 0 Å². The van der Waals surface area contributed by atoms with Crippen LogP contribution in [0.15, 0.2) is 23.8 Å². The first kappa shape index (κ1) is 4.88. The van der Waals surface area contributed by atoms with Gasteiger partial charge in [0.05, 0.1) is 0 Å². The fourth-order valence-corrected chi connectivity index (χ4v) is 1.34. The van der Waals surface area contributed by atoms with Crippen LogP contribution in [-0.4, -0.2) is 9.97 Å². The summed E-state index contributed by atoms with van der Waals surface area (Å²) in [5, 5.41) is 3.01. The number of aromatic nitrogens is 2. The van der Waals surface area contributed by atoms with Gasteiger partial charge in [-0.1, -0.05) is 0 Å². The molecule has 2 heterocycles. The molecule has 9 heavy (non-hydrogen) atoms. The molecular weight excluding hydrogens is 132 g/mol. The van der Waals surface area contributed by atoms with Crippen LogP contribution in [0.2, 0.25) is 0 Å². The molecule has 0 amide bonds. The lowest BCUT2D eigenvalue weighted by Gasteiger charge is -1.87. The van der Waals surface area contributed by atoms with Crippen molar-refractivity contribution < 1.29 is 0 Å². The first-order valence-electron chi connectivity index (χ1n) is 2.61. The van der Waals surface area contributed by atoms with Crippen LogP contribution in [0, 0.1) is 0 Å². The average molecular weight is 136 g/mol. The minimum Gasteiger partial charge on any atom is -0.234 e. The molecular formula is C6H4N2S. The van der Waals surface area contributed by atoms with Gasteiger partial charge in [0.15, 0.2) is 0 Å². The summed E-state index contributed by atoms with van der Waals surface area (Å²) in [6, 6.07) is 3.93. The highest BCUT2D eigenvalue weighted by molar-refractivity contribution is 7.12. The maximum atomic E-state index is 4.03. The van der Waals surface area contributed by atoms with Crippen LogP contribution >= 0.6 is 11.3 Å². The summed E-state index contributed by atoms with van der Waals surface area (Å²) in [6.45, 7) is 0. The van der Waals surface area contributed by atoms with Crippen molar-refractivity contribution in [1.29, 1.82) is 0 Å². The summed E-state index contributed by atoms with van der Waals surface area (Å²) < 4.78 is 0. The number of fused-ring (bicyclic) bond motifs is 1. The molecule has 0 spiro atoms. The Labute approximate surface area is 56.5 Å². The van der Waals surface area contributed by atoms with E-state index < -0.39 is 0 Å². The molecule has 0 aliphatic carbocycles. The topological polar surface area (TPSA) is 25.8 Å². The fraction of sp³-hybridized carbons (Fsp3) is 0. The van der Waals surface area contributed by atoms with Gasteiger partial charge >= 0.3 is 0 Å². The summed E-state index contributed by atoms with van der Waals surface area (Å²) >= 11 is 1.61. The van der Waals surface area contributed by atoms with E-state index in [-0.39, 0.29) is 0 Å². The summed E-state index contributed by atoms with van der Waals surface area (Å²) in [4.78, 5) is 8.04. The predicted molar refractivity (Wildman–Crippen MR) is 36.5 cm³/mol. The van der Waals surface area contributed by atoms with E-state index in [2.05, 4.69) is 9.97 Å². The lowest BCUT2D eigenvalue weighted by atomic mass is 10.4. The lowest BCUT2D eigenvalue weighted by molar-refractivity contribution is 1.34. The first-order chi connectivity index (χ1) is 4.47. The molecule has 2 rings (SSSR count). The molecule has 0 aromatic carbocycles. The Morgan fingerprint density at radius 3 is 3.22 bits per heavy atom. The SMILES string of the molecule is c1csc2ncnc-2c1. The Hall–Kier alpha value is -0.960. The highest BCUT2D eigenvalue weighted by atomic mass is 32.1. The van der Waals surface area contributed by atoms with Crippen molar-refractivity contribution >= 4 is 11.3 Å². The largest absolute Gasteiger partial charge is 0.234 e. The molecule has 0 saturated carbocycles.